The number of alkyl halides is 3. The van der Waals surface area contributed by atoms with E-state index in [1.165, 1.54) is 0 Å². The normalized spacial score (nSPS) is 26.8. The zero-order valence-corrected chi connectivity index (χ0v) is 20.0. The van der Waals surface area contributed by atoms with Crippen molar-refractivity contribution in [1.82, 2.24) is 4.90 Å². The summed E-state index contributed by atoms with van der Waals surface area (Å²) >= 11 is 0. The van der Waals surface area contributed by atoms with E-state index in [1.54, 1.807) is 27.7 Å². The zero-order valence-electron chi connectivity index (χ0n) is 19.2. The van der Waals surface area contributed by atoms with Crippen LogP contribution in [0.5, 0.6) is 0 Å². The molecule has 0 radical (unpaired) electrons. The number of carbonyl (C=O) groups excluding carboxylic acids is 2. The maximum Gasteiger partial charge on any atom is 0.523 e. The largest absolute Gasteiger partial charge is 0.523 e. The van der Waals surface area contributed by atoms with E-state index in [2.05, 4.69) is 4.18 Å². The number of carbonyl (C=O) groups is 2. The fraction of sp³-hybridized carbons (Fsp3) is 0.900. The molecular weight excluding hydrogens is 471 g/mol. The summed E-state index contributed by atoms with van der Waals surface area (Å²) in [7, 11) is -5.81. The second-order valence-corrected chi connectivity index (χ2v) is 10.8. The third-order valence-corrected chi connectivity index (χ3v) is 6.46. The molecule has 1 heterocycles. The van der Waals surface area contributed by atoms with Crippen molar-refractivity contribution in [2.75, 3.05) is 19.8 Å². The third-order valence-electron chi connectivity index (χ3n) is 5.37. The van der Waals surface area contributed by atoms with Crippen molar-refractivity contribution in [3.05, 3.63) is 0 Å². The summed E-state index contributed by atoms with van der Waals surface area (Å²) in [6.45, 7) is 6.55. The second-order valence-electron chi connectivity index (χ2n) is 9.20. The molecular formula is C20H32F3NO8S. The van der Waals surface area contributed by atoms with E-state index in [4.69, 9.17) is 14.2 Å². The Balaban J connectivity index is 1.99. The number of likely N-dealkylation sites (tertiary alicyclic amines) is 1. The molecule has 1 saturated carbocycles. The molecule has 0 unspecified atom stereocenters. The van der Waals surface area contributed by atoms with Gasteiger partial charge < -0.3 is 19.1 Å². The molecule has 0 bridgehead atoms. The summed E-state index contributed by atoms with van der Waals surface area (Å²) in [5.74, 6) is -0.436. The highest BCUT2D eigenvalue weighted by atomic mass is 32.2. The van der Waals surface area contributed by atoms with Gasteiger partial charge in [-0.1, -0.05) is 0 Å². The molecule has 1 aliphatic carbocycles. The monoisotopic (exact) mass is 503 g/mol. The highest BCUT2D eigenvalue weighted by Gasteiger charge is 2.50. The van der Waals surface area contributed by atoms with Gasteiger partial charge in [-0.05, 0) is 59.8 Å². The highest BCUT2D eigenvalue weighted by Crippen LogP contribution is 2.32. The highest BCUT2D eigenvalue weighted by molar-refractivity contribution is 7.87. The predicted octanol–water partition coefficient (Wildman–Crippen LogP) is 3.37. The fourth-order valence-electron chi connectivity index (χ4n) is 3.85. The smallest absolute Gasteiger partial charge is 0.466 e. The Bertz CT molecular complexity index is 788. The van der Waals surface area contributed by atoms with Gasteiger partial charge in [0.1, 0.15) is 5.60 Å². The van der Waals surface area contributed by atoms with Crippen LogP contribution >= 0.6 is 0 Å². The van der Waals surface area contributed by atoms with Crippen LogP contribution in [-0.2, 0) is 33.3 Å². The fourth-order valence-corrected chi connectivity index (χ4v) is 4.46. The first-order valence-electron chi connectivity index (χ1n) is 10.9. The standard InChI is InChI=1S/C20H32F3NO8S/c1-5-29-17(25)13-6-8-15(9-7-13)30-12-14-10-16(32-33(27,28)20(21,22)23)11-24(14)18(26)31-19(2,3)4/h13-16H,5-12H2,1-4H3/t13-,14-,15-,16+/m0/s1. The van der Waals surface area contributed by atoms with Gasteiger partial charge in [-0.3, -0.25) is 8.98 Å². The lowest BCUT2D eigenvalue weighted by atomic mass is 9.87. The van der Waals surface area contributed by atoms with Gasteiger partial charge in [0.2, 0.25) is 0 Å². The maximum atomic E-state index is 12.7. The van der Waals surface area contributed by atoms with Crippen LogP contribution in [-0.4, -0.2) is 74.5 Å². The van der Waals surface area contributed by atoms with Gasteiger partial charge in [0.25, 0.3) is 0 Å². The molecule has 0 aromatic carbocycles. The van der Waals surface area contributed by atoms with E-state index in [9.17, 15) is 31.2 Å². The minimum absolute atomic E-state index is 0.0279. The van der Waals surface area contributed by atoms with Crippen LogP contribution in [0, 0.1) is 5.92 Å². The first-order chi connectivity index (χ1) is 15.1. The molecule has 0 N–H and O–H groups in total. The van der Waals surface area contributed by atoms with Crippen LogP contribution in [0.3, 0.4) is 0 Å². The van der Waals surface area contributed by atoms with Gasteiger partial charge >= 0.3 is 27.7 Å². The van der Waals surface area contributed by atoms with E-state index in [-0.39, 0.29) is 37.6 Å². The van der Waals surface area contributed by atoms with E-state index < -0.39 is 39.5 Å². The molecule has 1 saturated heterocycles. The van der Waals surface area contributed by atoms with Gasteiger partial charge in [-0.2, -0.15) is 21.6 Å². The molecule has 1 amide bonds. The molecule has 0 aromatic heterocycles. The van der Waals surface area contributed by atoms with Crippen molar-refractivity contribution in [3.8, 4) is 0 Å². The van der Waals surface area contributed by atoms with E-state index >= 15 is 0 Å². The quantitative estimate of drug-likeness (QED) is 0.296. The summed E-state index contributed by atoms with van der Waals surface area (Å²) < 4.78 is 81.5. The average molecular weight is 504 g/mol. The van der Waals surface area contributed by atoms with Crippen LogP contribution in [0.2, 0.25) is 0 Å². The molecule has 9 nitrogen and oxygen atoms in total. The first-order valence-corrected chi connectivity index (χ1v) is 12.3. The molecule has 2 rings (SSSR count). The topological polar surface area (TPSA) is 108 Å². The SMILES string of the molecule is CCOC(=O)[C@H]1CC[C@H](OC[C@@H]2C[C@@H](OS(=O)(=O)C(F)(F)F)CN2C(=O)OC(C)(C)C)CC1. The Morgan fingerprint density at radius 1 is 1.03 bits per heavy atom. The Morgan fingerprint density at radius 2 is 1.64 bits per heavy atom. The lowest BCUT2D eigenvalue weighted by Gasteiger charge is -2.31. The molecule has 0 spiro atoms. The third kappa shape index (κ3) is 7.99. The van der Waals surface area contributed by atoms with Crippen LogP contribution < -0.4 is 0 Å². The number of halogens is 3. The van der Waals surface area contributed by atoms with Crippen LogP contribution in [0.15, 0.2) is 0 Å². The van der Waals surface area contributed by atoms with E-state index in [1.807, 2.05) is 0 Å². The Kier molecular flexibility index (Phi) is 9.02. The number of amides is 1. The molecule has 13 heteroatoms. The Hall–Kier alpha value is -1.60. The van der Waals surface area contributed by atoms with Crippen molar-refractivity contribution in [3.63, 3.8) is 0 Å². The molecule has 2 aliphatic rings. The van der Waals surface area contributed by atoms with Gasteiger partial charge in [0.05, 0.1) is 43.9 Å². The number of hydrogen-bond donors (Lipinski definition) is 0. The molecule has 2 atom stereocenters. The summed E-state index contributed by atoms with van der Waals surface area (Å²) in [4.78, 5) is 25.6. The molecule has 33 heavy (non-hydrogen) atoms. The number of esters is 1. The first kappa shape index (κ1) is 27.6. The van der Waals surface area contributed by atoms with Crippen molar-refractivity contribution in [1.29, 1.82) is 0 Å². The van der Waals surface area contributed by atoms with Crippen LogP contribution in [0.1, 0.15) is 59.8 Å². The number of rotatable bonds is 7. The lowest BCUT2D eigenvalue weighted by molar-refractivity contribution is -0.150. The summed E-state index contributed by atoms with van der Waals surface area (Å²) in [6.07, 6.45) is -0.188. The average Bonchev–Trinajstić information content (AvgIpc) is 3.07. The number of ether oxygens (including phenoxy) is 3. The Labute approximate surface area is 192 Å². The minimum atomic E-state index is -5.81. The zero-order chi connectivity index (χ0) is 25.0. The van der Waals surface area contributed by atoms with Crippen LogP contribution in [0.4, 0.5) is 18.0 Å². The summed E-state index contributed by atoms with van der Waals surface area (Å²) in [5, 5.41) is 0. The predicted molar refractivity (Wildman–Crippen MR) is 110 cm³/mol. The number of hydrogen-bond acceptors (Lipinski definition) is 8. The molecule has 0 aromatic rings. The van der Waals surface area contributed by atoms with Crippen molar-refractivity contribution in [2.24, 2.45) is 5.92 Å². The van der Waals surface area contributed by atoms with Gasteiger partial charge in [0.15, 0.2) is 0 Å². The summed E-state index contributed by atoms with van der Waals surface area (Å²) in [5.41, 5.74) is -6.42. The maximum absolute atomic E-state index is 12.7. The lowest BCUT2D eigenvalue weighted by Crippen LogP contribution is -2.43. The summed E-state index contributed by atoms with van der Waals surface area (Å²) in [6, 6.07) is -0.726. The van der Waals surface area contributed by atoms with Gasteiger partial charge in [0, 0.05) is 0 Å². The van der Waals surface area contributed by atoms with Gasteiger partial charge in [-0.25, -0.2) is 4.79 Å². The van der Waals surface area contributed by atoms with Crippen molar-refractivity contribution < 1.29 is 49.6 Å². The number of nitrogens with zero attached hydrogens (tertiary/aromatic N) is 1. The second kappa shape index (κ2) is 10.8. The van der Waals surface area contributed by atoms with E-state index in [0.717, 1.165) is 4.90 Å². The molecule has 2 fully saturated rings. The van der Waals surface area contributed by atoms with Gasteiger partial charge in [-0.15, -0.1) is 0 Å². The van der Waals surface area contributed by atoms with E-state index in [0.29, 0.717) is 32.3 Å². The molecule has 1 aliphatic heterocycles. The minimum Gasteiger partial charge on any atom is -0.466 e. The van der Waals surface area contributed by atoms with Crippen LogP contribution in [0.25, 0.3) is 0 Å². The Morgan fingerprint density at radius 3 is 2.15 bits per heavy atom. The van der Waals surface area contributed by atoms with Crippen molar-refractivity contribution >= 4 is 22.2 Å². The molecule has 192 valence electrons. The van der Waals surface area contributed by atoms with Crippen molar-refractivity contribution in [2.45, 2.75) is 89.2 Å².